The van der Waals surface area contributed by atoms with Gasteiger partial charge in [0.2, 0.25) is 0 Å². The highest BCUT2D eigenvalue weighted by Gasteiger charge is 2.38. The molecule has 28 heavy (non-hydrogen) atoms. The lowest BCUT2D eigenvalue weighted by molar-refractivity contribution is 0.841. The van der Waals surface area contributed by atoms with Crippen LogP contribution in [0.25, 0.3) is 22.4 Å². The molecule has 0 aliphatic carbocycles. The van der Waals surface area contributed by atoms with Crippen molar-refractivity contribution in [3.05, 3.63) is 48.5 Å². The van der Waals surface area contributed by atoms with Gasteiger partial charge in [-0.25, -0.2) is 4.98 Å². The molecule has 0 saturated heterocycles. The molecule has 0 aliphatic heterocycles. The zero-order valence-electron chi connectivity index (χ0n) is 17.9. The summed E-state index contributed by atoms with van der Waals surface area (Å²) in [6.45, 7) is 7.00. The first-order valence-corrected chi connectivity index (χ1v) is 13.5. The molecule has 0 amide bonds. The SMILES string of the molecule is CCCC[P+](CCCC)(CCCC)c1ccc(-c2nc3ccccc3[nH]2)cc1. The smallest absolute Gasteiger partial charge is 0.138 e. The van der Waals surface area contributed by atoms with E-state index >= 15 is 0 Å². The van der Waals surface area contributed by atoms with E-state index in [1.54, 1.807) is 5.30 Å². The first-order chi connectivity index (χ1) is 13.7. The Balaban J connectivity index is 1.90. The predicted molar refractivity (Wildman–Crippen MR) is 127 cm³/mol. The van der Waals surface area contributed by atoms with Crippen LogP contribution in [0.3, 0.4) is 0 Å². The van der Waals surface area contributed by atoms with Crippen molar-refractivity contribution in [2.75, 3.05) is 18.5 Å². The molecule has 0 saturated carbocycles. The molecule has 0 atom stereocenters. The number of aromatic amines is 1. The average Bonchev–Trinajstić information content (AvgIpc) is 3.18. The Morgan fingerprint density at radius 3 is 1.86 bits per heavy atom. The van der Waals surface area contributed by atoms with Gasteiger partial charge in [-0.15, -0.1) is 0 Å². The molecule has 0 radical (unpaired) electrons. The largest absolute Gasteiger partial charge is 0.338 e. The van der Waals surface area contributed by atoms with Gasteiger partial charge in [0.05, 0.1) is 34.8 Å². The Hall–Kier alpha value is -1.66. The number of benzene rings is 2. The lowest BCUT2D eigenvalue weighted by Gasteiger charge is -2.28. The van der Waals surface area contributed by atoms with Crippen molar-refractivity contribution in [3.8, 4) is 11.4 Å². The van der Waals surface area contributed by atoms with Crippen LogP contribution in [0, 0.1) is 0 Å². The third-order valence-corrected chi connectivity index (χ3v) is 10.8. The monoisotopic (exact) mass is 395 g/mol. The molecule has 150 valence electrons. The molecule has 3 rings (SSSR count). The van der Waals surface area contributed by atoms with Gasteiger partial charge in [-0.3, -0.25) is 0 Å². The maximum atomic E-state index is 4.78. The zero-order chi connectivity index (χ0) is 19.8. The van der Waals surface area contributed by atoms with E-state index in [-0.39, 0.29) is 0 Å². The maximum absolute atomic E-state index is 4.78. The summed E-state index contributed by atoms with van der Waals surface area (Å²) in [5, 5.41) is 1.64. The van der Waals surface area contributed by atoms with Crippen molar-refractivity contribution in [2.24, 2.45) is 0 Å². The highest BCUT2D eigenvalue weighted by atomic mass is 31.2. The van der Waals surface area contributed by atoms with Gasteiger partial charge >= 0.3 is 0 Å². The summed E-state index contributed by atoms with van der Waals surface area (Å²) in [5.74, 6) is 0.979. The lowest BCUT2D eigenvalue weighted by atomic mass is 10.2. The Labute approximate surface area is 171 Å². The quantitative estimate of drug-likeness (QED) is 0.340. The Bertz CT molecular complexity index is 796. The Morgan fingerprint density at radius 2 is 1.32 bits per heavy atom. The number of nitrogens with one attached hydrogen (secondary N) is 1. The third kappa shape index (κ3) is 4.84. The molecule has 0 bridgehead atoms. The normalized spacial score (nSPS) is 12.0. The number of H-pyrrole nitrogens is 1. The zero-order valence-corrected chi connectivity index (χ0v) is 18.8. The van der Waals surface area contributed by atoms with Crippen LogP contribution in [-0.4, -0.2) is 28.5 Å². The van der Waals surface area contributed by atoms with Crippen LogP contribution in [0.5, 0.6) is 0 Å². The van der Waals surface area contributed by atoms with Gasteiger partial charge in [0.1, 0.15) is 5.82 Å². The number of nitrogens with zero attached hydrogens (tertiary/aromatic N) is 1. The van der Waals surface area contributed by atoms with Crippen molar-refractivity contribution in [3.63, 3.8) is 0 Å². The maximum Gasteiger partial charge on any atom is 0.138 e. The van der Waals surface area contributed by atoms with Gasteiger partial charge in [0.15, 0.2) is 0 Å². The fourth-order valence-corrected chi connectivity index (χ4v) is 9.12. The molecule has 1 N–H and O–H groups in total. The van der Waals surface area contributed by atoms with Crippen LogP contribution in [0.4, 0.5) is 0 Å². The summed E-state index contributed by atoms with van der Waals surface area (Å²) in [7, 11) is -1.07. The van der Waals surface area contributed by atoms with Gasteiger partial charge < -0.3 is 4.98 Å². The standard InChI is InChI=1S/C25H36N2P/c1-4-7-18-28(19-8-5-2,20-9-6-3)22-16-14-21(15-17-22)25-26-23-12-10-11-13-24(23)27-25/h10-17H,4-9,18-20H2,1-3H3,(H,26,27)/q+1. The van der Waals surface area contributed by atoms with E-state index in [1.165, 1.54) is 62.6 Å². The molecular weight excluding hydrogens is 359 g/mol. The second-order valence-corrected chi connectivity index (χ2v) is 12.2. The van der Waals surface area contributed by atoms with Gasteiger partial charge in [-0.1, -0.05) is 52.2 Å². The number of hydrogen-bond donors (Lipinski definition) is 1. The van der Waals surface area contributed by atoms with Crippen molar-refractivity contribution in [1.82, 2.24) is 9.97 Å². The molecule has 0 unspecified atom stereocenters. The van der Waals surface area contributed by atoms with Crippen LogP contribution in [0.15, 0.2) is 48.5 Å². The highest BCUT2D eigenvalue weighted by Crippen LogP contribution is 2.59. The summed E-state index contributed by atoms with van der Waals surface area (Å²) in [4.78, 5) is 8.25. The fraction of sp³-hybridized carbons (Fsp3) is 0.480. The van der Waals surface area contributed by atoms with Crippen molar-refractivity contribution in [2.45, 2.75) is 59.3 Å². The minimum absolute atomic E-state index is 0.979. The van der Waals surface area contributed by atoms with Crippen molar-refractivity contribution in [1.29, 1.82) is 0 Å². The summed E-state index contributed by atoms with van der Waals surface area (Å²) in [5.41, 5.74) is 3.34. The number of aromatic nitrogens is 2. The molecule has 3 heteroatoms. The second kappa shape index (κ2) is 10.2. The number of imidazole rings is 1. The molecular formula is C25H36N2P+. The van der Waals surface area contributed by atoms with Crippen LogP contribution >= 0.6 is 7.26 Å². The van der Waals surface area contributed by atoms with E-state index < -0.39 is 7.26 Å². The minimum atomic E-state index is -1.07. The van der Waals surface area contributed by atoms with Gasteiger partial charge in [0, 0.05) is 12.8 Å². The molecule has 3 aromatic rings. The van der Waals surface area contributed by atoms with Gasteiger partial charge in [-0.05, 0) is 55.7 Å². The molecule has 0 aliphatic rings. The molecule has 1 heterocycles. The Morgan fingerprint density at radius 1 is 0.750 bits per heavy atom. The second-order valence-electron chi connectivity index (χ2n) is 8.03. The molecule has 0 fully saturated rings. The van der Waals surface area contributed by atoms with Crippen LogP contribution in [-0.2, 0) is 0 Å². The van der Waals surface area contributed by atoms with Crippen LogP contribution in [0.1, 0.15) is 59.3 Å². The number of unbranched alkanes of at least 4 members (excludes halogenated alkanes) is 3. The number of fused-ring (bicyclic) bond motifs is 1. The summed E-state index contributed by atoms with van der Waals surface area (Å²) in [6.07, 6.45) is 12.3. The predicted octanol–water partition coefficient (Wildman–Crippen LogP) is 7.27. The first kappa shape index (κ1) is 21.1. The number of para-hydroxylation sites is 2. The summed E-state index contributed by atoms with van der Waals surface area (Å²) in [6, 6.07) is 17.7. The minimum Gasteiger partial charge on any atom is -0.338 e. The van der Waals surface area contributed by atoms with E-state index in [1.807, 2.05) is 6.07 Å². The van der Waals surface area contributed by atoms with Gasteiger partial charge in [0.25, 0.3) is 0 Å². The first-order valence-electron chi connectivity index (χ1n) is 11.1. The molecule has 0 spiro atoms. The number of hydrogen-bond acceptors (Lipinski definition) is 1. The third-order valence-electron chi connectivity index (χ3n) is 5.90. The topological polar surface area (TPSA) is 28.7 Å². The van der Waals surface area contributed by atoms with Crippen LogP contribution in [0.2, 0.25) is 0 Å². The summed E-state index contributed by atoms with van der Waals surface area (Å²) < 4.78 is 0. The van der Waals surface area contributed by atoms with Gasteiger partial charge in [-0.2, -0.15) is 0 Å². The molecule has 2 nitrogen and oxygen atoms in total. The van der Waals surface area contributed by atoms with Crippen molar-refractivity contribution < 1.29 is 0 Å². The molecule has 2 aromatic carbocycles. The molecule has 1 aromatic heterocycles. The van der Waals surface area contributed by atoms with E-state index in [0.29, 0.717) is 0 Å². The summed E-state index contributed by atoms with van der Waals surface area (Å²) >= 11 is 0. The lowest BCUT2D eigenvalue weighted by Crippen LogP contribution is -2.21. The fourth-order valence-electron chi connectivity index (χ4n) is 4.13. The average molecular weight is 396 g/mol. The van der Waals surface area contributed by atoms with Crippen LogP contribution < -0.4 is 5.30 Å². The number of rotatable bonds is 11. The van der Waals surface area contributed by atoms with E-state index in [2.05, 4.69) is 68.2 Å². The van der Waals surface area contributed by atoms with E-state index in [9.17, 15) is 0 Å². The van der Waals surface area contributed by atoms with Crippen molar-refractivity contribution >= 4 is 23.6 Å². The Kier molecular flexibility index (Phi) is 7.68. The van der Waals surface area contributed by atoms with E-state index in [0.717, 1.165) is 16.9 Å². The highest BCUT2D eigenvalue weighted by molar-refractivity contribution is 7.82. The van der Waals surface area contributed by atoms with E-state index in [4.69, 9.17) is 4.98 Å².